The topological polar surface area (TPSA) is 26.0 Å². The highest BCUT2D eigenvalue weighted by atomic mass is 32.2. The number of hydrogen-bond donors (Lipinski definition) is 1. The predicted molar refractivity (Wildman–Crippen MR) is 61.4 cm³/mol. The van der Waals surface area contributed by atoms with Crippen molar-refractivity contribution in [3.63, 3.8) is 0 Å². The zero-order valence-electron chi connectivity index (χ0n) is 8.92. The van der Waals surface area contributed by atoms with Crippen LogP contribution in [0.1, 0.15) is 24.1 Å². The maximum absolute atomic E-state index is 12.4. The van der Waals surface area contributed by atoms with E-state index in [0.29, 0.717) is 11.3 Å². The molecule has 0 aromatic heterocycles. The van der Waals surface area contributed by atoms with E-state index < -0.39 is 11.7 Å². The van der Waals surface area contributed by atoms with Crippen molar-refractivity contribution in [1.29, 1.82) is 0 Å². The summed E-state index contributed by atoms with van der Waals surface area (Å²) in [6.07, 6.45) is -4.30. The Kier molecular flexibility index (Phi) is 4.68. The lowest BCUT2D eigenvalue weighted by Gasteiger charge is -2.13. The summed E-state index contributed by atoms with van der Waals surface area (Å²) in [5.74, 6) is 1.55. The minimum Gasteiger partial charge on any atom is -0.323 e. The molecule has 0 heterocycles. The molecule has 5 heteroatoms. The Morgan fingerprint density at radius 3 is 2.62 bits per heavy atom. The normalized spacial score (nSPS) is 13.8. The monoisotopic (exact) mass is 249 g/mol. The molecular weight excluding hydrogens is 235 g/mol. The maximum Gasteiger partial charge on any atom is 0.416 e. The number of hydrogen-bond acceptors (Lipinski definition) is 2. The lowest BCUT2D eigenvalue weighted by molar-refractivity contribution is -0.137. The van der Waals surface area contributed by atoms with Gasteiger partial charge in [0, 0.05) is 11.8 Å². The minimum atomic E-state index is -4.30. The molecule has 0 aliphatic carbocycles. The van der Waals surface area contributed by atoms with Crippen LogP contribution in [-0.2, 0) is 6.18 Å². The van der Waals surface area contributed by atoms with Crippen molar-refractivity contribution >= 4 is 11.8 Å². The van der Waals surface area contributed by atoms with E-state index in [-0.39, 0.29) is 6.04 Å². The van der Waals surface area contributed by atoms with Crippen molar-refractivity contribution < 1.29 is 13.2 Å². The van der Waals surface area contributed by atoms with Crippen molar-refractivity contribution in [3.05, 3.63) is 35.4 Å². The van der Waals surface area contributed by atoms with Crippen LogP contribution in [0.15, 0.2) is 24.3 Å². The SMILES string of the molecule is CCSCC(N)c1cccc(C(F)(F)F)c1. The largest absolute Gasteiger partial charge is 0.416 e. The van der Waals surface area contributed by atoms with E-state index in [1.807, 2.05) is 6.92 Å². The molecule has 16 heavy (non-hydrogen) atoms. The number of halogens is 3. The molecule has 1 atom stereocenters. The molecule has 0 aliphatic heterocycles. The first kappa shape index (κ1) is 13.4. The molecular formula is C11H14F3NS. The van der Waals surface area contributed by atoms with Gasteiger partial charge in [-0.05, 0) is 23.4 Å². The second kappa shape index (κ2) is 5.59. The Bertz CT molecular complexity index is 338. The average Bonchev–Trinajstić information content (AvgIpc) is 2.25. The van der Waals surface area contributed by atoms with Gasteiger partial charge in [0.15, 0.2) is 0 Å². The summed E-state index contributed by atoms with van der Waals surface area (Å²) in [4.78, 5) is 0. The molecule has 1 rings (SSSR count). The van der Waals surface area contributed by atoms with Gasteiger partial charge in [0.1, 0.15) is 0 Å². The Labute approximate surface area is 97.2 Å². The Balaban J connectivity index is 2.82. The molecule has 0 saturated heterocycles. The number of alkyl halides is 3. The number of rotatable bonds is 4. The van der Waals surface area contributed by atoms with Gasteiger partial charge in [0.25, 0.3) is 0 Å². The standard InChI is InChI=1S/C11H14F3NS/c1-2-16-7-10(15)8-4-3-5-9(6-8)11(12,13)14/h3-6,10H,2,7,15H2,1H3. The van der Waals surface area contributed by atoms with E-state index in [2.05, 4.69) is 0 Å². The highest BCUT2D eigenvalue weighted by Gasteiger charge is 2.30. The van der Waals surface area contributed by atoms with Gasteiger partial charge in [0.05, 0.1) is 5.56 Å². The summed E-state index contributed by atoms with van der Waals surface area (Å²) < 4.78 is 37.3. The Hall–Kier alpha value is -0.680. The van der Waals surface area contributed by atoms with Gasteiger partial charge in [-0.3, -0.25) is 0 Å². The molecule has 90 valence electrons. The van der Waals surface area contributed by atoms with Crippen LogP contribution in [0.4, 0.5) is 13.2 Å². The summed E-state index contributed by atoms with van der Waals surface area (Å²) >= 11 is 1.62. The van der Waals surface area contributed by atoms with E-state index >= 15 is 0 Å². The first-order chi connectivity index (χ1) is 7.45. The summed E-state index contributed by atoms with van der Waals surface area (Å²) in [6.45, 7) is 1.99. The van der Waals surface area contributed by atoms with Crippen molar-refractivity contribution in [1.82, 2.24) is 0 Å². The predicted octanol–water partition coefficient (Wildman–Crippen LogP) is 3.46. The second-order valence-electron chi connectivity index (χ2n) is 3.39. The molecule has 1 nitrogen and oxygen atoms in total. The zero-order valence-corrected chi connectivity index (χ0v) is 9.74. The molecule has 1 unspecified atom stereocenters. The average molecular weight is 249 g/mol. The smallest absolute Gasteiger partial charge is 0.323 e. The molecule has 0 radical (unpaired) electrons. The quantitative estimate of drug-likeness (QED) is 0.884. The van der Waals surface area contributed by atoms with Crippen molar-refractivity contribution in [2.75, 3.05) is 11.5 Å². The van der Waals surface area contributed by atoms with Gasteiger partial charge in [-0.2, -0.15) is 24.9 Å². The second-order valence-corrected chi connectivity index (χ2v) is 4.71. The molecule has 1 aromatic carbocycles. The summed E-state index contributed by atoms with van der Waals surface area (Å²) in [6, 6.07) is 4.88. The van der Waals surface area contributed by atoms with Gasteiger partial charge in [-0.15, -0.1) is 0 Å². The first-order valence-corrected chi connectivity index (χ1v) is 6.11. The third-order valence-corrected chi connectivity index (χ3v) is 3.15. The number of thioether (sulfide) groups is 1. The lowest BCUT2D eigenvalue weighted by atomic mass is 10.1. The van der Waals surface area contributed by atoms with Crippen LogP contribution >= 0.6 is 11.8 Å². The third kappa shape index (κ3) is 3.72. The molecule has 0 fully saturated rings. The van der Waals surface area contributed by atoms with Gasteiger partial charge in [-0.1, -0.05) is 19.1 Å². The fourth-order valence-corrected chi connectivity index (χ4v) is 1.97. The van der Waals surface area contributed by atoms with Crippen molar-refractivity contribution in [3.8, 4) is 0 Å². The third-order valence-electron chi connectivity index (χ3n) is 2.14. The summed E-state index contributed by atoms with van der Waals surface area (Å²) in [5.41, 5.74) is 5.71. The van der Waals surface area contributed by atoms with Crippen molar-refractivity contribution in [2.24, 2.45) is 5.73 Å². The molecule has 1 aromatic rings. The van der Waals surface area contributed by atoms with Gasteiger partial charge >= 0.3 is 6.18 Å². The van der Waals surface area contributed by atoms with Crippen LogP contribution in [0.3, 0.4) is 0 Å². The van der Waals surface area contributed by atoms with Gasteiger partial charge in [-0.25, -0.2) is 0 Å². The van der Waals surface area contributed by atoms with E-state index in [9.17, 15) is 13.2 Å². The Morgan fingerprint density at radius 1 is 1.38 bits per heavy atom. The fourth-order valence-electron chi connectivity index (χ4n) is 1.29. The number of benzene rings is 1. The summed E-state index contributed by atoms with van der Waals surface area (Å²) in [5, 5.41) is 0. The maximum atomic E-state index is 12.4. The van der Waals surface area contributed by atoms with Gasteiger partial charge in [0.2, 0.25) is 0 Å². The molecule has 0 spiro atoms. The minimum absolute atomic E-state index is 0.341. The van der Waals surface area contributed by atoms with Crippen LogP contribution in [0.2, 0.25) is 0 Å². The van der Waals surface area contributed by atoms with Crippen LogP contribution in [-0.4, -0.2) is 11.5 Å². The van der Waals surface area contributed by atoms with Crippen LogP contribution in [0.25, 0.3) is 0 Å². The van der Waals surface area contributed by atoms with Gasteiger partial charge < -0.3 is 5.73 Å². The zero-order chi connectivity index (χ0) is 12.2. The summed E-state index contributed by atoms with van der Waals surface area (Å²) in [7, 11) is 0. The molecule has 0 amide bonds. The molecule has 0 saturated carbocycles. The van der Waals surface area contributed by atoms with Crippen LogP contribution < -0.4 is 5.73 Å². The van der Waals surface area contributed by atoms with E-state index in [1.165, 1.54) is 6.07 Å². The van der Waals surface area contributed by atoms with Crippen molar-refractivity contribution in [2.45, 2.75) is 19.1 Å². The Morgan fingerprint density at radius 2 is 2.06 bits per heavy atom. The van der Waals surface area contributed by atoms with E-state index in [0.717, 1.165) is 17.9 Å². The van der Waals surface area contributed by atoms with Crippen LogP contribution in [0.5, 0.6) is 0 Å². The fraction of sp³-hybridized carbons (Fsp3) is 0.455. The molecule has 0 bridgehead atoms. The highest BCUT2D eigenvalue weighted by molar-refractivity contribution is 7.99. The van der Waals surface area contributed by atoms with E-state index in [1.54, 1.807) is 17.8 Å². The highest BCUT2D eigenvalue weighted by Crippen LogP contribution is 2.30. The first-order valence-electron chi connectivity index (χ1n) is 4.95. The number of nitrogens with two attached hydrogens (primary N) is 1. The van der Waals surface area contributed by atoms with Crippen LogP contribution in [0, 0.1) is 0 Å². The molecule has 2 N–H and O–H groups in total. The lowest BCUT2D eigenvalue weighted by Crippen LogP contribution is -2.14. The molecule has 0 aliphatic rings. The van der Waals surface area contributed by atoms with E-state index in [4.69, 9.17) is 5.73 Å².